The van der Waals surface area contributed by atoms with Gasteiger partial charge in [0.1, 0.15) is 0 Å². The maximum absolute atomic E-state index is 12.4. The first kappa shape index (κ1) is 18.1. The zero-order valence-electron chi connectivity index (χ0n) is 15.2. The molecule has 2 amide bonds. The lowest BCUT2D eigenvalue weighted by atomic mass is 9.91. The molecule has 0 spiro atoms. The number of aromatic nitrogens is 1. The number of anilines is 1. The van der Waals surface area contributed by atoms with Crippen LogP contribution in [0.3, 0.4) is 0 Å². The number of para-hydroxylation sites is 1. The number of urea groups is 1. The number of benzene rings is 3. The normalized spacial score (nSPS) is 11.9. The predicted molar refractivity (Wildman–Crippen MR) is 115 cm³/mol. The summed E-state index contributed by atoms with van der Waals surface area (Å²) in [4.78, 5) is 15.7. The molecule has 0 aliphatic rings. The summed E-state index contributed by atoms with van der Waals surface area (Å²) in [5.41, 5.74) is 4.10. The fourth-order valence-corrected chi connectivity index (χ4v) is 3.50. The van der Waals surface area contributed by atoms with E-state index in [-0.39, 0.29) is 11.9 Å². The average molecular weight is 390 g/mol. The highest BCUT2D eigenvalue weighted by molar-refractivity contribution is 6.30. The Kier molecular flexibility index (Phi) is 5.31. The van der Waals surface area contributed by atoms with E-state index in [4.69, 9.17) is 11.6 Å². The smallest absolute Gasteiger partial charge is 0.319 e. The Hall–Kier alpha value is -3.24. The molecule has 0 aliphatic carbocycles. The van der Waals surface area contributed by atoms with Crippen LogP contribution in [0.5, 0.6) is 0 Å². The molecule has 0 bridgehead atoms. The molecule has 5 heteroatoms. The highest BCUT2D eigenvalue weighted by Gasteiger charge is 2.19. The highest BCUT2D eigenvalue weighted by atomic mass is 35.5. The van der Waals surface area contributed by atoms with Crippen LogP contribution < -0.4 is 10.6 Å². The van der Waals surface area contributed by atoms with Crippen molar-refractivity contribution in [3.63, 3.8) is 0 Å². The van der Waals surface area contributed by atoms with Crippen LogP contribution in [-0.2, 0) is 0 Å². The SMILES string of the molecule is O=C(NC[C@H](c1ccccc1)c1c[nH]c2ccccc12)Nc1ccc(Cl)cc1. The van der Waals surface area contributed by atoms with E-state index in [1.54, 1.807) is 24.3 Å². The van der Waals surface area contributed by atoms with E-state index in [0.29, 0.717) is 17.3 Å². The molecule has 1 atom stereocenters. The van der Waals surface area contributed by atoms with Crippen molar-refractivity contribution in [1.82, 2.24) is 10.3 Å². The minimum Gasteiger partial charge on any atom is -0.361 e. The number of nitrogens with one attached hydrogen (secondary N) is 3. The lowest BCUT2D eigenvalue weighted by Gasteiger charge is -2.18. The topological polar surface area (TPSA) is 56.9 Å². The number of H-pyrrole nitrogens is 1. The highest BCUT2D eigenvalue weighted by Crippen LogP contribution is 2.30. The number of amides is 2. The Morgan fingerprint density at radius 1 is 0.929 bits per heavy atom. The standard InChI is InChI=1S/C23H20ClN3O/c24-17-10-12-18(13-11-17)27-23(28)26-14-20(16-6-2-1-3-7-16)21-15-25-22-9-5-4-8-19(21)22/h1-13,15,20,25H,14H2,(H2,26,27,28)/t20-/m1/s1. The van der Waals surface area contributed by atoms with Crippen molar-refractivity contribution in [2.24, 2.45) is 0 Å². The molecule has 0 aliphatic heterocycles. The van der Waals surface area contributed by atoms with E-state index in [1.807, 2.05) is 36.5 Å². The molecular weight excluding hydrogens is 370 g/mol. The van der Waals surface area contributed by atoms with Crippen molar-refractivity contribution < 1.29 is 4.79 Å². The number of fused-ring (bicyclic) bond motifs is 1. The Labute approximate surface area is 168 Å². The first-order valence-corrected chi connectivity index (χ1v) is 9.50. The molecule has 0 saturated heterocycles. The first-order valence-electron chi connectivity index (χ1n) is 9.12. The van der Waals surface area contributed by atoms with Crippen LogP contribution in [0.2, 0.25) is 5.02 Å². The largest absolute Gasteiger partial charge is 0.361 e. The van der Waals surface area contributed by atoms with Crippen molar-refractivity contribution in [3.8, 4) is 0 Å². The van der Waals surface area contributed by atoms with E-state index in [1.165, 1.54) is 0 Å². The Morgan fingerprint density at radius 3 is 2.43 bits per heavy atom. The van der Waals surface area contributed by atoms with Gasteiger partial charge in [0.05, 0.1) is 0 Å². The van der Waals surface area contributed by atoms with Crippen molar-refractivity contribution in [2.75, 3.05) is 11.9 Å². The molecule has 0 unspecified atom stereocenters. The van der Waals surface area contributed by atoms with E-state index in [0.717, 1.165) is 22.0 Å². The van der Waals surface area contributed by atoms with Gasteiger partial charge in [0.15, 0.2) is 0 Å². The molecule has 28 heavy (non-hydrogen) atoms. The van der Waals surface area contributed by atoms with Crippen molar-refractivity contribution in [2.45, 2.75) is 5.92 Å². The fraction of sp³-hybridized carbons (Fsp3) is 0.0870. The molecule has 1 heterocycles. The summed E-state index contributed by atoms with van der Waals surface area (Å²) in [5, 5.41) is 7.64. The lowest BCUT2D eigenvalue weighted by molar-refractivity contribution is 0.252. The van der Waals surface area contributed by atoms with E-state index >= 15 is 0 Å². The Morgan fingerprint density at radius 2 is 1.64 bits per heavy atom. The van der Waals surface area contributed by atoms with Gasteiger partial charge in [-0.15, -0.1) is 0 Å². The molecular formula is C23H20ClN3O. The number of carbonyl (C=O) groups excluding carboxylic acids is 1. The number of carbonyl (C=O) groups is 1. The first-order chi connectivity index (χ1) is 13.7. The molecule has 4 nitrogen and oxygen atoms in total. The summed E-state index contributed by atoms with van der Waals surface area (Å²) in [6.07, 6.45) is 2.03. The summed E-state index contributed by atoms with van der Waals surface area (Å²) >= 11 is 5.89. The van der Waals surface area contributed by atoms with Crippen LogP contribution in [0.15, 0.2) is 85.1 Å². The fourth-order valence-electron chi connectivity index (χ4n) is 3.38. The minimum absolute atomic E-state index is 0.0355. The van der Waals surface area contributed by atoms with Gasteiger partial charge in [0, 0.05) is 40.3 Å². The molecule has 4 aromatic rings. The molecule has 3 N–H and O–H groups in total. The third-order valence-electron chi connectivity index (χ3n) is 4.77. The summed E-state index contributed by atoms with van der Waals surface area (Å²) in [7, 11) is 0. The van der Waals surface area contributed by atoms with Crippen molar-refractivity contribution in [1.29, 1.82) is 0 Å². The van der Waals surface area contributed by atoms with Gasteiger partial charge in [0.25, 0.3) is 0 Å². The molecule has 0 radical (unpaired) electrons. The predicted octanol–water partition coefficient (Wildman–Crippen LogP) is 5.77. The molecule has 0 saturated carbocycles. The van der Waals surface area contributed by atoms with Crippen molar-refractivity contribution >= 4 is 34.2 Å². The number of hydrogen-bond acceptors (Lipinski definition) is 1. The van der Waals surface area contributed by atoms with E-state index in [9.17, 15) is 4.79 Å². The quantitative estimate of drug-likeness (QED) is 0.398. The van der Waals surface area contributed by atoms with Crippen LogP contribution in [0.1, 0.15) is 17.0 Å². The average Bonchev–Trinajstić information content (AvgIpc) is 3.15. The summed E-state index contributed by atoms with van der Waals surface area (Å²) < 4.78 is 0. The van der Waals surface area contributed by atoms with Gasteiger partial charge in [0.2, 0.25) is 0 Å². The Bertz CT molecular complexity index is 1070. The van der Waals surface area contributed by atoms with Gasteiger partial charge in [-0.25, -0.2) is 4.79 Å². The van der Waals surface area contributed by atoms with Gasteiger partial charge >= 0.3 is 6.03 Å². The van der Waals surface area contributed by atoms with E-state index < -0.39 is 0 Å². The van der Waals surface area contributed by atoms with Crippen LogP contribution in [0.25, 0.3) is 10.9 Å². The maximum Gasteiger partial charge on any atom is 0.319 e. The zero-order valence-corrected chi connectivity index (χ0v) is 15.9. The van der Waals surface area contributed by atoms with Gasteiger partial charge < -0.3 is 15.6 Å². The summed E-state index contributed by atoms with van der Waals surface area (Å²) in [5.74, 6) is 0.0355. The minimum atomic E-state index is -0.247. The van der Waals surface area contributed by atoms with E-state index in [2.05, 4.69) is 39.9 Å². The zero-order chi connectivity index (χ0) is 19.3. The number of rotatable bonds is 5. The molecule has 140 valence electrons. The molecule has 1 aromatic heterocycles. The maximum atomic E-state index is 12.4. The second-order valence-corrected chi connectivity index (χ2v) is 7.03. The van der Waals surface area contributed by atoms with Gasteiger partial charge in [-0.1, -0.05) is 60.1 Å². The molecule has 3 aromatic carbocycles. The number of aromatic amines is 1. The summed E-state index contributed by atoms with van der Waals surface area (Å²) in [6.45, 7) is 0.477. The Balaban J connectivity index is 1.55. The number of hydrogen-bond donors (Lipinski definition) is 3. The molecule has 4 rings (SSSR count). The van der Waals surface area contributed by atoms with Crippen molar-refractivity contribution in [3.05, 3.63) is 101 Å². The second-order valence-electron chi connectivity index (χ2n) is 6.59. The third kappa shape index (κ3) is 4.02. The lowest BCUT2D eigenvalue weighted by Crippen LogP contribution is -2.32. The van der Waals surface area contributed by atoms with Crippen LogP contribution in [-0.4, -0.2) is 17.6 Å². The molecule has 0 fully saturated rings. The van der Waals surface area contributed by atoms with Crippen LogP contribution in [0, 0.1) is 0 Å². The van der Waals surface area contributed by atoms with Gasteiger partial charge in [-0.2, -0.15) is 0 Å². The summed E-state index contributed by atoms with van der Waals surface area (Å²) in [6, 6.07) is 25.2. The van der Waals surface area contributed by atoms with Gasteiger partial charge in [-0.05, 0) is 41.5 Å². The van der Waals surface area contributed by atoms with Crippen LogP contribution in [0.4, 0.5) is 10.5 Å². The monoisotopic (exact) mass is 389 g/mol. The second kappa shape index (κ2) is 8.19. The third-order valence-corrected chi connectivity index (χ3v) is 5.02. The van der Waals surface area contributed by atoms with Gasteiger partial charge in [-0.3, -0.25) is 0 Å². The van der Waals surface area contributed by atoms with Crippen LogP contribution >= 0.6 is 11.6 Å². The number of halogens is 1.